The average molecular weight is 373 g/mol. The van der Waals surface area contributed by atoms with Crippen LogP contribution in [0.15, 0.2) is 18.2 Å². The molecule has 2 aromatic heterocycles. The number of β-lactam (4-membered cyclic amide) rings is 1. The van der Waals surface area contributed by atoms with Crippen LogP contribution in [-0.4, -0.2) is 43.4 Å². The van der Waals surface area contributed by atoms with Crippen molar-refractivity contribution in [2.24, 2.45) is 11.8 Å². The molecular formula is C15H13FN3NaO4S. The van der Waals surface area contributed by atoms with Gasteiger partial charge in [-0.25, -0.2) is 4.98 Å². The SMILES string of the molecule is C[C@@H](O)[C@H]1C(=O)N2C(C(=O)[O-])=C(c3cn4cnc(F)c4s3)[C@H](C)[C@H]12.[Na+]. The summed E-state index contributed by atoms with van der Waals surface area (Å²) in [6, 6.07) is -0.426. The van der Waals surface area contributed by atoms with Gasteiger partial charge in [0.2, 0.25) is 11.9 Å². The molecule has 10 heteroatoms. The van der Waals surface area contributed by atoms with E-state index in [1.54, 1.807) is 13.1 Å². The fourth-order valence-electron chi connectivity index (χ4n) is 3.78. The first-order chi connectivity index (χ1) is 11.3. The number of aromatic nitrogens is 2. The number of carboxylic acids is 1. The molecule has 0 spiro atoms. The summed E-state index contributed by atoms with van der Waals surface area (Å²) in [4.78, 5) is 29.5. The Kier molecular flexibility index (Phi) is 4.57. The number of imidazole rings is 1. The molecule has 7 nitrogen and oxygen atoms in total. The van der Waals surface area contributed by atoms with Crippen molar-refractivity contribution < 1.29 is 53.7 Å². The minimum atomic E-state index is -1.45. The largest absolute Gasteiger partial charge is 1.00 e. The molecule has 4 rings (SSSR count). The van der Waals surface area contributed by atoms with Gasteiger partial charge in [-0.05, 0) is 6.92 Å². The molecule has 0 radical (unpaired) electrons. The molecule has 0 bridgehead atoms. The molecule has 1 N–H and O–H groups in total. The first-order valence-corrected chi connectivity index (χ1v) is 8.23. The van der Waals surface area contributed by atoms with E-state index >= 15 is 0 Å². The van der Waals surface area contributed by atoms with Crippen LogP contribution in [-0.2, 0) is 9.59 Å². The first-order valence-electron chi connectivity index (χ1n) is 7.42. The molecule has 1 amide bonds. The van der Waals surface area contributed by atoms with Gasteiger partial charge in [-0.15, -0.1) is 11.3 Å². The molecule has 0 aliphatic carbocycles. The summed E-state index contributed by atoms with van der Waals surface area (Å²) in [6.07, 6.45) is 2.03. The zero-order chi connectivity index (χ0) is 17.3. The zero-order valence-corrected chi connectivity index (χ0v) is 16.6. The number of rotatable bonds is 3. The number of thiazole rings is 1. The molecule has 1 saturated heterocycles. The van der Waals surface area contributed by atoms with Gasteiger partial charge in [0.25, 0.3) is 0 Å². The van der Waals surface area contributed by atoms with Crippen LogP contribution in [0.5, 0.6) is 0 Å². The predicted molar refractivity (Wildman–Crippen MR) is 79.9 cm³/mol. The van der Waals surface area contributed by atoms with E-state index in [0.717, 1.165) is 11.3 Å². The molecular weight excluding hydrogens is 360 g/mol. The van der Waals surface area contributed by atoms with Crippen molar-refractivity contribution in [2.75, 3.05) is 0 Å². The fraction of sp³-hybridized carbons (Fsp3) is 0.400. The van der Waals surface area contributed by atoms with Crippen molar-refractivity contribution in [3.8, 4) is 0 Å². The molecule has 2 aliphatic rings. The van der Waals surface area contributed by atoms with Crippen LogP contribution in [0.4, 0.5) is 4.39 Å². The van der Waals surface area contributed by atoms with E-state index in [-0.39, 0.29) is 46.0 Å². The van der Waals surface area contributed by atoms with Crippen molar-refractivity contribution in [3.05, 3.63) is 29.0 Å². The smallest absolute Gasteiger partial charge is 0.543 e. The quantitative estimate of drug-likeness (QED) is 0.453. The zero-order valence-electron chi connectivity index (χ0n) is 13.8. The Hall–Kier alpha value is -1.26. The van der Waals surface area contributed by atoms with Crippen LogP contribution in [0.25, 0.3) is 10.4 Å². The van der Waals surface area contributed by atoms with E-state index in [1.807, 2.05) is 0 Å². The maximum atomic E-state index is 13.6. The number of hydrogen-bond acceptors (Lipinski definition) is 6. The van der Waals surface area contributed by atoms with Gasteiger partial charge in [-0.1, -0.05) is 6.92 Å². The number of aliphatic carboxylic acids is 1. The summed E-state index contributed by atoms with van der Waals surface area (Å²) in [5.74, 6) is -3.46. The van der Waals surface area contributed by atoms with Crippen LogP contribution in [0.2, 0.25) is 0 Å². The van der Waals surface area contributed by atoms with Gasteiger partial charge in [0.1, 0.15) is 6.33 Å². The second-order valence-electron chi connectivity index (χ2n) is 6.15. The number of carbonyl (C=O) groups is 2. The van der Waals surface area contributed by atoms with E-state index in [4.69, 9.17) is 0 Å². The van der Waals surface area contributed by atoms with Crippen LogP contribution >= 0.6 is 11.3 Å². The maximum Gasteiger partial charge on any atom is 1.00 e. The molecule has 4 atom stereocenters. The number of aliphatic hydroxyl groups is 1. The third-order valence-corrected chi connectivity index (χ3v) is 5.92. The summed E-state index contributed by atoms with van der Waals surface area (Å²) in [7, 11) is 0. The topological polar surface area (TPSA) is 98.0 Å². The third kappa shape index (κ3) is 2.41. The van der Waals surface area contributed by atoms with E-state index in [1.165, 1.54) is 22.6 Å². The number of carbonyl (C=O) groups excluding carboxylic acids is 2. The van der Waals surface area contributed by atoms with E-state index in [9.17, 15) is 24.2 Å². The standard InChI is InChI=1S/C15H14FN3O4S.Na/c1-5-8(7-3-18-4-17-12(16)14(18)24-7)11(15(22)23)19-10(5)9(6(2)20)13(19)21;/h3-6,9-10,20H,1-2H3,(H,22,23);/q;+1/p-1/t5-,6+,9+,10+;/m0./s1. The Bertz CT molecular complexity index is 921. The van der Waals surface area contributed by atoms with E-state index < -0.39 is 35.9 Å². The molecule has 0 unspecified atom stereocenters. The number of amides is 1. The monoisotopic (exact) mass is 373 g/mol. The molecule has 0 saturated carbocycles. The second kappa shape index (κ2) is 6.17. The summed E-state index contributed by atoms with van der Waals surface area (Å²) < 4.78 is 15.1. The van der Waals surface area contributed by atoms with Gasteiger partial charge in [-0.2, -0.15) is 4.39 Å². The van der Waals surface area contributed by atoms with Crippen LogP contribution in [0.3, 0.4) is 0 Å². The Morgan fingerprint density at radius 3 is 2.76 bits per heavy atom. The molecule has 0 aromatic carbocycles. The predicted octanol–water partition coefficient (Wildman–Crippen LogP) is -3.14. The Labute approximate surface area is 168 Å². The van der Waals surface area contributed by atoms with Crippen molar-refractivity contribution in [2.45, 2.75) is 26.0 Å². The van der Waals surface area contributed by atoms with Crippen molar-refractivity contribution in [3.63, 3.8) is 0 Å². The van der Waals surface area contributed by atoms with Gasteiger partial charge >= 0.3 is 29.6 Å². The van der Waals surface area contributed by atoms with Crippen LogP contribution in [0, 0.1) is 17.8 Å². The molecule has 126 valence electrons. The van der Waals surface area contributed by atoms with Gasteiger partial charge in [-0.3, -0.25) is 9.20 Å². The molecule has 1 fully saturated rings. The number of nitrogens with zero attached hydrogens (tertiary/aromatic N) is 3. The Morgan fingerprint density at radius 2 is 2.20 bits per heavy atom. The summed E-state index contributed by atoms with van der Waals surface area (Å²) >= 11 is 1.07. The normalized spacial score (nSPS) is 26.5. The average Bonchev–Trinajstić information content (AvgIpc) is 3.11. The first kappa shape index (κ1) is 18.5. The third-order valence-electron chi connectivity index (χ3n) is 4.80. The number of hydrogen-bond donors (Lipinski definition) is 1. The number of halogens is 1. The second-order valence-corrected chi connectivity index (χ2v) is 7.18. The number of aliphatic hydroxyl groups excluding tert-OH is 1. The van der Waals surface area contributed by atoms with Crippen molar-refractivity contribution >= 4 is 33.6 Å². The minimum absolute atomic E-state index is 0. The summed E-state index contributed by atoms with van der Waals surface area (Å²) in [5, 5.41) is 21.5. The van der Waals surface area contributed by atoms with Gasteiger partial charge in [0.15, 0.2) is 4.83 Å². The van der Waals surface area contributed by atoms with Crippen LogP contribution < -0.4 is 34.7 Å². The fourth-order valence-corrected chi connectivity index (χ4v) is 4.89. The minimum Gasteiger partial charge on any atom is -0.543 e. The summed E-state index contributed by atoms with van der Waals surface area (Å²) in [6.45, 7) is 3.31. The molecule has 2 aromatic rings. The van der Waals surface area contributed by atoms with Crippen LogP contribution in [0.1, 0.15) is 18.7 Å². The number of fused-ring (bicyclic) bond motifs is 2. The van der Waals surface area contributed by atoms with Gasteiger partial charge in [0.05, 0.1) is 34.6 Å². The van der Waals surface area contributed by atoms with Gasteiger partial charge in [0, 0.05) is 17.7 Å². The molecule has 4 heterocycles. The maximum absolute atomic E-state index is 13.6. The van der Waals surface area contributed by atoms with Crippen molar-refractivity contribution in [1.29, 1.82) is 0 Å². The number of carboxylic acid groups (broad SMARTS) is 1. The van der Waals surface area contributed by atoms with E-state index in [2.05, 4.69) is 4.98 Å². The Morgan fingerprint density at radius 1 is 1.52 bits per heavy atom. The van der Waals surface area contributed by atoms with E-state index in [0.29, 0.717) is 10.5 Å². The van der Waals surface area contributed by atoms with Crippen molar-refractivity contribution in [1.82, 2.24) is 14.3 Å². The molecule has 2 aliphatic heterocycles. The Balaban J connectivity index is 0.00000182. The molecule has 25 heavy (non-hydrogen) atoms. The van der Waals surface area contributed by atoms with Gasteiger partial charge < -0.3 is 19.9 Å². The summed E-state index contributed by atoms with van der Waals surface area (Å²) in [5.41, 5.74) is 0.247.